The van der Waals surface area contributed by atoms with Gasteiger partial charge in [0, 0.05) is 0 Å². The summed E-state index contributed by atoms with van der Waals surface area (Å²) in [5.41, 5.74) is 0.170. The highest BCUT2D eigenvalue weighted by molar-refractivity contribution is 5.70. The van der Waals surface area contributed by atoms with Gasteiger partial charge in [-0.15, -0.1) is 0 Å². The van der Waals surface area contributed by atoms with Crippen molar-refractivity contribution in [3.63, 3.8) is 0 Å². The number of allylic oxidation sites excluding steroid dienone is 2. The van der Waals surface area contributed by atoms with Gasteiger partial charge in [-0.25, -0.2) is 4.39 Å². The number of alkyl halides is 3. The van der Waals surface area contributed by atoms with Gasteiger partial charge >= 0.3 is 6.18 Å². The molecule has 108 valence electrons. The lowest BCUT2D eigenvalue weighted by atomic mass is 9.86. The van der Waals surface area contributed by atoms with Crippen LogP contribution in [0.4, 0.5) is 17.6 Å². The van der Waals surface area contributed by atoms with Crippen molar-refractivity contribution in [2.24, 2.45) is 5.41 Å². The predicted molar refractivity (Wildman–Crippen MR) is 71.7 cm³/mol. The summed E-state index contributed by atoms with van der Waals surface area (Å²) in [6.07, 6.45) is -2.36. The standard InChI is InChI=1S/C16H16F4/c1-10(2)15(6-7-15)9-12-8-13(17)4-5-14(12)11(3)16(18,19)20/h4-5,8H,1,3,6-7,9H2,2H3. The summed E-state index contributed by atoms with van der Waals surface area (Å²) in [5, 5.41) is 0. The van der Waals surface area contributed by atoms with Crippen LogP contribution >= 0.6 is 0 Å². The van der Waals surface area contributed by atoms with E-state index in [1.165, 1.54) is 6.07 Å². The van der Waals surface area contributed by atoms with Crippen molar-refractivity contribution in [3.8, 4) is 0 Å². The van der Waals surface area contributed by atoms with Crippen LogP contribution in [0.2, 0.25) is 0 Å². The Kier molecular flexibility index (Phi) is 3.53. The van der Waals surface area contributed by atoms with Gasteiger partial charge in [-0.3, -0.25) is 0 Å². The molecule has 1 aromatic carbocycles. The van der Waals surface area contributed by atoms with E-state index >= 15 is 0 Å². The van der Waals surface area contributed by atoms with Gasteiger partial charge in [-0.05, 0) is 54.9 Å². The van der Waals surface area contributed by atoms with Gasteiger partial charge in [0.05, 0.1) is 5.57 Å². The molecule has 0 bridgehead atoms. The topological polar surface area (TPSA) is 0 Å². The molecule has 0 N–H and O–H groups in total. The summed E-state index contributed by atoms with van der Waals surface area (Å²) >= 11 is 0. The minimum absolute atomic E-state index is 0.0218. The lowest BCUT2D eigenvalue weighted by Gasteiger charge is -2.20. The van der Waals surface area contributed by atoms with E-state index in [2.05, 4.69) is 13.2 Å². The molecule has 0 spiro atoms. The van der Waals surface area contributed by atoms with Crippen molar-refractivity contribution >= 4 is 5.57 Å². The monoisotopic (exact) mass is 284 g/mol. The number of hydrogen-bond donors (Lipinski definition) is 0. The van der Waals surface area contributed by atoms with Gasteiger partial charge in [0.25, 0.3) is 0 Å². The molecular formula is C16H16F4. The van der Waals surface area contributed by atoms with E-state index in [1.54, 1.807) is 0 Å². The normalized spacial score (nSPS) is 16.9. The fourth-order valence-corrected chi connectivity index (χ4v) is 2.43. The summed E-state index contributed by atoms with van der Waals surface area (Å²) in [6.45, 7) is 8.87. The number of halogens is 4. The van der Waals surface area contributed by atoms with Gasteiger partial charge in [-0.1, -0.05) is 24.8 Å². The van der Waals surface area contributed by atoms with Crippen LogP contribution in [0.25, 0.3) is 5.57 Å². The average Bonchev–Trinajstić information content (AvgIpc) is 3.08. The Bertz CT molecular complexity index is 562. The van der Waals surface area contributed by atoms with E-state index in [4.69, 9.17) is 0 Å². The molecule has 20 heavy (non-hydrogen) atoms. The molecule has 1 aliphatic rings. The molecule has 0 saturated heterocycles. The zero-order valence-corrected chi connectivity index (χ0v) is 11.3. The van der Waals surface area contributed by atoms with Crippen molar-refractivity contribution < 1.29 is 17.6 Å². The molecule has 0 heterocycles. The Hall–Kier alpha value is -1.58. The van der Waals surface area contributed by atoms with Crippen LogP contribution in [0.15, 0.2) is 36.9 Å². The van der Waals surface area contributed by atoms with Crippen molar-refractivity contribution in [1.82, 2.24) is 0 Å². The minimum atomic E-state index is -4.51. The zero-order valence-electron chi connectivity index (χ0n) is 11.3. The molecule has 0 amide bonds. The molecule has 0 atom stereocenters. The van der Waals surface area contributed by atoms with Gasteiger partial charge in [0.1, 0.15) is 5.82 Å². The maximum atomic E-state index is 13.4. The Morgan fingerprint density at radius 3 is 2.30 bits per heavy atom. The van der Waals surface area contributed by atoms with Crippen LogP contribution < -0.4 is 0 Å². The zero-order chi connectivity index (χ0) is 15.1. The molecule has 0 radical (unpaired) electrons. The minimum Gasteiger partial charge on any atom is -0.207 e. The third-order valence-corrected chi connectivity index (χ3v) is 4.02. The second-order valence-electron chi connectivity index (χ2n) is 5.52. The molecule has 1 fully saturated rings. The Morgan fingerprint density at radius 2 is 1.85 bits per heavy atom. The van der Waals surface area contributed by atoms with Crippen LogP contribution in [0.1, 0.15) is 30.9 Å². The number of hydrogen-bond acceptors (Lipinski definition) is 0. The maximum absolute atomic E-state index is 13.4. The van der Waals surface area contributed by atoms with Crippen molar-refractivity contribution in [1.29, 1.82) is 0 Å². The SMILES string of the molecule is C=C(c1ccc(F)cc1CC1(C(=C)C)CC1)C(F)(F)F. The van der Waals surface area contributed by atoms with E-state index in [0.717, 1.165) is 30.5 Å². The highest BCUT2D eigenvalue weighted by atomic mass is 19.4. The molecular weight excluding hydrogens is 268 g/mol. The first kappa shape index (κ1) is 14.8. The number of benzene rings is 1. The summed E-state index contributed by atoms with van der Waals surface area (Å²) in [5.74, 6) is -0.531. The molecule has 0 aliphatic heterocycles. The van der Waals surface area contributed by atoms with Crippen molar-refractivity contribution in [3.05, 3.63) is 53.9 Å². The fourth-order valence-electron chi connectivity index (χ4n) is 2.43. The van der Waals surface area contributed by atoms with E-state index in [-0.39, 0.29) is 11.0 Å². The smallest absolute Gasteiger partial charge is 0.207 e. The molecule has 0 unspecified atom stereocenters. The van der Waals surface area contributed by atoms with Gasteiger partial charge < -0.3 is 0 Å². The average molecular weight is 284 g/mol. The molecule has 1 aromatic rings. The second-order valence-corrected chi connectivity index (χ2v) is 5.52. The van der Waals surface area contributed by atoms with E-state index in [9.17, 15) is 17.6 Å². The van der Waals surface area contributed by atoms with Gasteiger partial charge in [0.2, 0.25) is 0 Å². The number of rotatable bonds is 4. The lowest BCUT2D eigenvalue weighted by molar-refractivity contribution is -0.0687. The highest BCUT2D eigenvalue weighted by Crippen LogP contribution is 2.54. The first-order chi connectivity index (χ1) is 9.16. The second kappa shape index (κ2) is 4.76. The van der Waals surface area contributed by atoms with Crippen LogP contribution in [-0.4, -0.2) is 6.18 Å². The van der Waals surface area contributed by atoms with Crippen LogP contribution in [-0.2, 0) is 6.42 Å². The summed E-state index contributed by atoms with van der Waals surface area (Å²) < 4.78 is 51.8. The van der Waals surface area contributed by atoms with Gasteiger partial charge in [-0.2, -0.15) is 13.2 Å². The van der Waals surface area contributed by atoms with Crippen molar-refractivity contribution in [2.75, 3.05) is 0 Å². The van der Waals surface area contributed by atoms with E-state index < -0.39 is 17.6 Å². The third kappa shape index (κ3) is 2.79. The Morgan fingerprint density at radius 1 is 1.25 bits per heavy atom. The highest BCUT2D eigenvalue weighted by Gasteiger charge is 2.44. The lowest BCUT2D eigenvalue weighted by Crippen LogP contribution is -2.14. The Labute approximate surface area is 115 Å². The van der Waals surface area contributed by atoms with Crippen LogP contribution in [0.5, 0.6) is 0 Å². The Balaban J connectivity index is 2.39. The first-order valence-corrected chi connectivity index (χ1v) is 6.37. The first-order valence-electron chi connectivity index (χ1n) is 6.37. The molecule has 4 heteroatoms. The summed E-state index contributed by atoms with van der Waals surface area (Å²) in [6, 6.07) is 3.38. The summed E-state index contributed by atoms with van der Waals surface area (Å²) in [7, 11) is 0. The van der Waals surface area contributed by atoms with Crippen molar-refractivity contribution in [2.45, 2.75) is 32.4 Å². The largest absolute Gasteiger partial charge is 0.416 e. The molecule has 0 aromatic heterocycles. The van der Waals surface area contributed by atoms with Crippen LogP contribution in [0, 0.1) is 11.2 Å². The van der Waals surface area contributed by atoms with E-state index in [1.807, 2.05) is 6.92 Å². The fraction of sp³-hybridized carbons (Fsp3) is 0.375. The molecule has 1 saturated carbocycles. The quantitative estimate of drug-likeness (QED) is 0.520. The molecule has 1 aliphatic carbocycles. The molecule has 2 rings (SSSR count). The molecule has 0 nitrogen and oxygen atoms in total. The van der Waals surface area contributed by atoms with Gasteiger partial charge in [0.15, 0.2) is 0 Å². The predicted octanol–water partition coefficient (Wildman–Crippen LogP) is 5.30. The maximum Gasteiger partial charge on any atom is 0.416 e. The van der Waals surface area contributed by atoms with E-state index in [0.29, 0.717) is 12.0 Å². The third-order valence-electron chi connectivity index (χ3n) is 4.02. The van der Waals surface area contributed by atoms with Crippen LogP contribution in [0.3, 0.4) is 0 Å². The summed E-state index contributed by atoms with van der Waals surface area (Å²) in [4.78, 5) is 0.